The third kappa shape index (κ3) is 1.02. The van der Waals surface area contributed by atoms with E-state index in [0.717, 1.165) is 0 Å². The van der Waals surface area contributed by atoms with Gasteiger partial charge in [0.2, 0.25) is 5.88 Å². The van der Waals surface area contributed by atoms with Gasteiger partial charge in [-0.1, -0.05) is 0 Å². The Morgan fingerprint density at radius 3 is 2.93 bits per heavy atom. The molecule has 0 saturated heterocycles. The maximum atomic E-state index is 10.8. The summed E-state index contributed by atoms with van der Waals surface area (Å²) in [4.78, 5) is 14.3. The number of carbonyl (C=O) groups is 1. The molecule has 2 aromatic rings. The van der Waals surface area contributed by atoms with Gasteiger partial charge in [-0.15, -0.1) is 0 Å². The molecule has 14 heavy (non-hydrogen) atoms. The van der Waals surface area contributed by atoms with E-state index < -0.39 is 5.97 Å². The van der Waals surface area contributed by atoms with Gasteiger partial charge < -0.3 is 10.2 Å². The molecular formula is C7H6BN3O3. The van der Waals surface area contributed by atoms with Gasteiger partial charge in [0.25, 0.3) is 0 Å². The molecule has 0 aliphatic heterocycles. The number of hydrogen-bond acceptors (Lipinski definition) is 4. The highest BCUT2D eigenvalue weighted by Gasteiger charge is 2.16. The highest BCUT2D eigenvalue weighted by atomic mass is 16.4. The second-order valence-corrected chi connectivity index (χ2v) is 2.85. The first-order chi connectivity index (χ1) is 6.61. The molecular weight excluding hydrogens is 185 g/mol. The maximum absolute atomic E-state index is 10.8. The van der Waals surface area contributed by atoms with E-state index in [1.54, 1.807) is 7.85 Å². The van der Waals surface area contributed by atoms with Crippen LogP contribution in [0.3, 0.4) is 0 Å². The van der Waals surface area contributed by atoms with Crippen LogP contribution in [-0.2, 0) is 0 Å². The van der Waals surface area contributed by atoms with Crippen molar-refractivity contribution in [2.24, 2.45) is 0 Å². The zero-order chi connectivity index (χ0) is 10.3. The van der Waals surface area contributed by atoms with E-state index in [2.05, 4.69) is 10.1 Å². The molecule has 2 rings (SSSR count). The SMILES string of the molecule is Bc1cc(C(=O)O)c2c(O)ncnn12. The Bertz CT molecular complexity index is 522. The first kappa shape index (κ1) is 8.55. The number of rotatable bonds is 1. The summed E-state index contributed by atoms with van der Waals surface area (Å²) in [5.74, 6) is -1.44. The average molecular weight is 191 g/mol. The number of hydrogen-bond donors (Lipinski definition) is 2. The summed E-state index contributed by atoms with van der Waals surface area (Å²) >= 11 is 0. The minimum absolute atomic E-state index is 0.000556. The molecule has 7 heteroatoms. The first-order valence-corrected chi connectivity index (χ1v) is 3.87. The third-order valence-electron chi connectivity index (χ3n) is 1.94. The second-order valence-electron chi connectivity index (χ2n) is 2.85. The van der Waals surface area contributed by atoms with Crippen molar-refractivity contribution in [3.8, 4) is 5.88 Å². The van der Waals surface area contributed by atoms with E-state index in [9.17, 15) is 9.90 Å². The molecule has 2 aromatic heterocycles. The Balaban J connectivity index is 2.93. The monoisotopic (exact) mass is 191 g/mol. The van der Waals surface area contributed by atoms with E-state index in [1.807, 2.05) is 0 Å². The molecule has 0 radical (unpaired) electrons. The lowest BCUT2D eigenvalue weighted by molar-refractivity contribution is 0.0699. The van der Waals surface area contributed by atoms with Gasteiger partial charge in [-0.2, -0.15) is 10.1 Å². The minimum Gasteiger partial charge on any atom is -0.492 e. The van der Waals surface area contributed by atoms with E-state index in [0.29, 0.717) is 5.59 Å². The molecule has 0 fully saturated rings. The van der Waals surface area contributed by atoms with Gasteiger partial charge in [-0.3, -0.25) is 0 Å². The number of fused-ring (bicyclic) bond motifs is 1. The Kier molecular flexibility index (Phi) is 1.66. The molecule has 0 aliphatic carbocycles. The molecule has 0 bridgehead atoms. The van der Waals surface area contributed by atoms with Crippen LogP contribution in [0.2, 0.25) is 0 Å². The van der Waals surface area contributed by atoms with Crippen molar-refractivity contribution < 1.29 is 15.0 Å². The van der Waals surface area contributed by atoms with Gasteiger partial charge in [0, 0.05) is 0 Å². The van der Waals surface area contributed by atoms with Crippen molar-refractivity contribution in [2.45, 2.75) is 0 Å². The quantitative estimate of drug-likeness (QED) is 0.529. The Morgan fingerprint density at radius 2 is 2.29 bits per heavy atom. The summed E-state index contributed by atoms with van der Waals surface area (Å²) in [6.07, 6.45) is 1.17. The highest BCUT2D eigenvalue weighted by Crippen LogP contribution is 2.17. The van der Waals surface area contributed by atoms with Gasteiger partial charge in [-0.05, 0) is 11.7 Å². The summed E-state index contributed by atoms with van der Waals surface area (Å²) in [5.41, 5.74) is 0.758. The van der Waals surface area contributed by atoms with Gasteiger partial charge in [0.15, 0.2) is 7.85 Å². The van der Waals surface area contributed by atoms with Crippen LogP contribution >= 0.6 is 0 Å². The molecule has 2 N–H and O–H groups in total. The molecule has 0 aromatic carbocycles. The Hall–Kier alpha value is -2.05. The van der Waals surface area contributed by atoms with E-state index >= 15 is 0 Å². The summed E-state index contributed by atoms with van der Waals surface area (Å²) in [7, 11) is 1.70. The zero-order valence-corrected chi connectivity index (χ0v) is 7.30. The van der Waals surface area contributed by atoms with Crippen LogP contribution in [0.25, 0.3) is 5.52 Å². The fourth-order valence-corrected chi connectivity index (χ4v) is 1.35. The molecule has 0 amide bonds. The highest BCUT2D eigenvalue weighted by molar-refractivity contribution is 6.32. The predicted molar refractivity (Wildman–Crippen MR) is 49.8 cm³/mol. The molecule has 0 saturated carbocycles. The molecule has 0 atom stereocenters. The van der Waals surface area contributed by atoms with Gasteiger partial charge in [0.1, 0.15) is 11.8 Å². The smallest absolute Gasteiger partial charge is 0.338 e. The lowest BCUT2D eigenvalue weighted by Crippen LogP contribution is -2.11. The van der Waals surface area contributed by atoms with Crippen LogP contribution < -0.4 is 5.59 Å². The van der Waals surface area contributed by atoms with Gasteiger partial charge in [0.05, 0.1) is 5.56 Å². The lowest BCUT2D eigenvalue weighted by atomic mass is 10.1. The third-order valence-corrected chi connectivity index (χ3v) is 1.94. The fraction of sp³-hybridized carbons (Fsp3) is 0. The van der Waals surface area contributed by atoms with Crippen molar-refractivity contribution >= 4 is 24.9 Å². The Labute approximate surface area is 79.2 Å². The maximum Gasteiger partial charge on any atom is 0.338 e. The number of aromatic carboxylic acids is 1. The van der Waals surface area contributed by atoms with Crippen molar-refractivity contribution in [3.05, 3.63) is 18.0 Å². The number of carboxylic acid groups (broad SMARTS) is 1. The normalized spacial score (nSPS) is 10.6. The average Bonchev–Trinajstić information content (AvgIpc) is 2.46. The number of nitrogens with zero attached hydrogens (tertiary/aromatic N) is 3. The Morgan fingerprint density at radius 1 is 1.57 bits per heavy atom. The molecule has 70 valence electrons. The van der Waals surface area contributed by atoms with Gasteiger partial charge >= 0.3 is 5.97 Å². The van der Waals surface area contributed by atoms with Crippen LogP contribution in [0.1, 0.15) is 10.4 Å². The van der Waals surface area contributed by atoms with Crippen molar-refractivity contribution in [2.75, 3.05) is 0 Å². The van der Waals surface area contributed by atoms with Crippen molar-refractivity contribution in [3.63, 3.8) is 0 Å². The summed E-state index contributed by atoms with van der Waals surface area (Å²) in [6, 6.07) is 1.44. The van der Waals surface area contributed by atoms with E-state index in [4.69, 9.17) is 5.11 Å². The summed E-state index contributed by atoms with van der Waals surface area (Å²) < 4.78 is 1.34. The van der Waals surface area contributed by atoms with Gasteiger partial charge in [-0.25, -0.2) is 9.31 Å². The van der Waals surface area contributed by atoms with Crippen LogP contribution in [0.4, 0.5) is 0 Å². The second kappa shape index (κ2) is 2.73. The molecule has 6 nitrogen and oxygen atoms in total. The minimum atomic E-state index is -1.11. The van der Waals surface area contributed by atoms with E-state index in [1.165, 1.54) is 16.9 Å². The van der Waals surface area contributed by atoms with Crippen molar-refractivity contribution in [1.29, 1.82) is 0 Å². The molecule has 2 heterocycles. The number of aromatic hydroxyl groups is 1. The summed E-state index contributed by atoms with van der Waals surface area (Å²) in [6.45, 7) is 0. The van der Waals surface area contributed by atoms with Crippen LogP contribution in [0, 0.1) is 0 Å². The molecule has 0 spiro atoms. The molecule has 0 unspecified atom stereocenters. The fourth-order valence-electron chi connectivity index (χ4n) is 1.35. The predicted octanol–water partition coefficient (Wildman–Crippen LogP) is -1.61. The summed E-state index contributed by atoms with van der Waals surface area (Å²) in [5, 5.41) is 22.0. The zero-order valence-electron chi connectivity index (χ0n) is 7.30. The van der Waals surface area contributed by atoms with Crippen LogP contribution in [-0.4, -0.2) is 38.6 Å². The largest absolute Gasteiger partial charge is 0.492 e. The van der Waals surface area contributed by atoms with E-state index in [-0.39, 0.29) is 17.0 Å². The van der Waals surface area contributed by atoms with Crippen molar-refractivity contribution in [1.82, 2.24) is 14.6 Å². The van der Waals surface area contributed by atoms with Crippen LogP contribution in [0.5, 0.6) is 5.88 Å². The number of aromatic nitrogens is 3. The lowest BCUT2D eigenvalue weighted by Gasteiger charge is -1.97. The standard InChI is InChI=1S/C7H6BN3O3/c8-4-1-3(7(13)14)5-6(12)9-2-10-11(4)5/h1-2H,8H2,(H,13,14)(H,9,10,12). The number of carboxylic acids is 1. The van der Waals surface area contributed by atoms with Crippen LogP contribution in [0.15, 0.2) is 12.4 Å². The topological polar surface area (TPSA) is 87.7 Å². The molecule has 0 aliphatic rings. The first-order valence-electron chi connectivity index (χ1n) is 3.87.